The van der Waals surface area contributed by atoms with Crippen LogP contribution in [0.25, 0.3) is 0 Å². The first-order valence-electron chi connectivity index (χ1n) is 6.52. The Labute approximate surface area is 105 Å². The number of nitrogens with one attached hydrogen (secondary N) is 2. The molecule has 16 heavy (non-hydrogen) atoms. The second kappa shape index (κ2) is 6.87. The molecule has 0 atom stereocenters. The van der Waals surface area contributed by atoms with Gasteiger partial charge in [0, 0.05) is 29.9 Å². The van der Waals surface area contributed by atoms with Crippen molar-refractivity contribution in [3.05, 3.63) is 0 Å². The highest BCUT2D eigenvalue weighted by atomic mass is 32.2. The number of hydrogen-bond donors (Lipinski definition) is 2. The summed E-state index contributed by atoms with van der Waals surface area (Å²) in [7, 11) is 0. The largest absolute Gasteiger partial charge is 0.313 e. The van der Waals surface area contributed by atoms with Gasteiger partial charge < -0.3 is 10.6 Å². The van der Waals surface area contributed by atoms with E-state index in [0.717, 1.165) is 24.4 Å². The van der Waals surface area contributed by atoms with E-state index < -0.39 is 0 Å². The van der Waals surface area contributed by atoms with Crippen LogP contribution in [0, 0.1) is 0 Å². The van der Waals surface area contributed by atoms with Crippen LogP contribution in [0.3, 0.4) is 0 Å². The highest BCUT2D eigenvalue weighted by molar-refractivity contribution is 7.99. The summed E-state index contributed by atoms with van der Waals surface area (Å²) in [6.45, 7) is 8.84. The van der Waals surface area contributed by atoms with Crippen LogP contribution < -0.4 is 10.6 Å². The van der Waals surface area contributed by atoms with Crippen LogP contribution >= 0.6 is 11.8 Å². The lowest BCUT2D eigenvalue weighted by molar-refractivity contribution is 0.362. The predicted octanol–water partition coefficient (Wildman–Crippen LogP) is 2.64. The van der Waals surface area contributed by atoms with E-state index in [1.165, 1.54) is 25.7 Å². The van der Waals surface area contributed by atoms with Crippen LogP contribution in [0.4, 0.5) is 0 Å². The van der Waals surface area contributed by atoms with E-state index in [4.69, 9.17) is 0 Å². The fraction of sp³-hybridized carbons (Fsp3) is 1.00. The van der Waals surface area contributed by atoms with Crippen molar-refractivity contribution < 1.29 is 0 Å². The SMILES string of the molecule is CSC1CCC(NCCNC(C)(C)C)CC1. The molecule has 1 aliphatic carbocycles. The molecule has 0 bridgehead atoms. The third-order valence-electron chi connectivity index (χ3n) is 3.22. The zero-order chi connectivity index (χ0) is 12.0. The van der Waals surface area contributed by atoms with Gasteiger partial charge in [0.2, 0.25) is 0 Å². The standard InChI is InChI=1S/C13H28N2S/c1-13(2,3)15-10-9-14-11-5-7-12(16-4)8-6-11/h11-12,14-15H,5-10H2,1-4H3. The summed E-state index contributed by atoms with van der Waals surface area (Å²) in [6, 6.07) is 0.769. The fourth-order valence-electron chi connectivity index (χ4n) is 2.22. The lowest BCUT2D eigenvalue weighted by atomic mass is 9.95. The second-order valence-corrected chi connectivity index (χ2v) is 6.98. The van der Waals surface area contributed by atoms with Crippen LogP contribution in [0.2, 0.25) is 0 Å². The summed E-state index contributed by atoms with van der Waals surface area (Å²) in [6.07, 6.45) is 7.75. The van der Waals surface area contributed by atoms with Crippen molar-refractivity contribution in [2.75, 3.05) is 19.3 Å². The zero-order valence-electron chi connectivity index (χ0n) is 11.3. The molecule has 0 saturated heterocycles. The summed E-state index contributed by atoms with van der Waals surface area (Å²) in [5, 5.41) is 8.10. The van der Waals surface area contributed by atoms with Gasteiger partial charge >= 0.3 is 0 Å². The molecule has 0 heterocycles. The van der Waals surface area contributed by atoms with E-state index >= 15 is 0 Å². The summed E-state index contributed by atoms with van der Waals surface area (Å²) in [5.74, 6) is 0. The van der Waals surface area contributed by atoms with Gasteiger partial charge in [-0.1, -0.05) is 0 Å². The van der Waals surface area contributed by atoms with E-state index in [2.05, 4.69) is 37.7 Å². The van der Waals surface area contributed by atoms with Crippen LogP contribution in [0.1, 0.15) is 46.5 Å². The zero-order valence-corrected chi connectivity index (χ0v) is 12.1. The van der Waals surface area contributed by atoms with Crippen molar-refractivity contribution in [3.63, 3.8) is 0 Å². The Balaban J connectivity index is 2.02. The minimum Gasteiger partial charge on any atom is -0.313 e. The highest BCUT2D eigenvalue weighted by Gasteiger charge is 2.19. The van der Waals surface area contributed by atoms with Crippen molar-refractivity contribution in [1.82, 2.24) is 10.6 Å². The molecule has 2 nitrogen and oxygen atoms in total. The van der Waals surface area contributed by atoms with Gasteiger partial charge in [0.25, 0.3) is 0 Å². The molecular weight excluding hydrogens is 216 g/mol. The maximum atomic E-state index is 3.67. The molecular formula is C13H28N2S. The molecule has 0 spiro atoms. The Bertz CT molecular complexity index is 181. The van der Waals surface area contributed by atoms with E-state index in [-0.39, 0.29) is 5.54 Å². The summed E-state index contributed by atoms with van der Waals surface area (Å²) in [5.41, 5.74) is 0.248. The summed E-state index contributed by atoms with van der Waals surface area (Å²) < 4.78 is 0. The van der Waals surface area contributed by atoms with Gasteiger partial charge in [-0.3, -0.25) is 0 Å². The van der Waals surface area contributed by atoms with Crippen molar-refractivity contribution in [1.29, 1.82) is 0 Å². The van der Waals surface area contributed by atoms with Crippen LogP contribution in [-0.2, 0) is 0 Å². The molecule has 1 fully saturated rings. The van der Waals surface area contributed by atoms with Crippen molar-refractivity contribution in [3.8, 4) is 0 Å². The molecule has 1 aliphatic rings. The van der Waals surface area contributed by atoms with E-state index in [1.54, 1.807) is 0 Å². The van der Waals surface area contributed by atoms with Crippen LogP contribution in [0.5, 0.6) is 0 Å². The van der Waals surface area contributed by atoms with E-state index in [1.807, 2.05) is 11.8 Å². The first-order valence-corrected chi connectivity index (χ1v) is 7.81. The Morgan fingerprint density at radius 1 is 1.06 bits per heavy atom. The topological polar surface area (TPSA) is 24.1 Å². The molecule has 0 aromatic carbocycles. The van der Waals surface area contributed by atoms with Gasteiger partial charge in [-0.15, -0.1) is 0 Å². The second-order valence-electron chi connectivity index (χ2n) is 5.84. The Morgan fingerprint density at radius 3 is 2.19 bits per heavy atom. The quantitative estimate of drug-likeness (QED) is 0.727. The maximum Gasteiger partial charge on any atom is 0.00970 e. The predicted molar refractivity (Wildman–Crippen MR) is 75.3 cm³/mol. The minimum absolute atomic E-state index is 0.248. The molecule has 0 aliphatic heterocycles. The number of hydrogen-bond acceptors (Lipinski definition) is 3. The van der Waals surface area contributed by atoms with Crippen molar-refractivity contribution in [2.24, 2.45) is 0 Å². The Morgan fingerprint density at radius 2 is 1.69 bits per heavy atom. The average molecular weight is 244 g/mol. The molecule has 1 saturated carbocycles. The summed E-state index contributed by atoms with van der Waals surface area (Å²) >= 11 is 2.04. The molecule has 0 unspecified atom stereocenters. The molecule has 3 heteroatoms. The average Bonchev–Trinajstić information content (AvgIpc) is 2.24. The fourth-order valence-corrected chi connectivity index (χ4v) is 2.96. The van der Waals surface area contributed by atoms with Gasteiger partial charge in [0.1, 0.15) is 0 Å². The third kappa shape index (κ3) is 6.12. The monoisotopic (exact) mass is 244 g/mol. The van der Waals surface area contributed by atoms with Gasteiger partial charge in [0.15, 0.2) is 0 Å². The highest BCUT2D eigenvalue weighted by Crippen LogP contribution is 2.26. The smallest absolute Gasteiger partial charge is 0.00970 e. The normalized spacial score (nSPS) is 27.0. The molecule has 0 amide bonds. The number of rotatable bonds is 5. The van der Waals surface area contributed by atoms with Crippen molar-refractivity contribution >= 4 is 11.8 Å². The number of thioether (sulfide) groups is 1. The Hall–Kier alpha value is 0.270. The molecule has 1 rings (SSSR count). The van der Waals surface area contributed by atoms with E-state index in [9.17, 15) is 0 Å². The third-order valence-corrected chi connectivity index (χ3v) is 4.36. The van der Waals surface area contributed by atoms with Gasteiger partial charge in [-0.2, -0.15) is 11.8 Å². The van der Waals surface area contributed by atoms with Gasteiger partial charge in [-0.25, -0.2) is 0 Å². The van der Waals surface area contributed by atoms with Crippen LogP contribution in [0.15, 0.2) is 0 Å². The maximum absolute atomic E-state index is 3.67. The molecule has 0 aromatic rings. The Kier molecular flexibility index (Phi) is 6.16. The lowest BCUT2D eigenvalue weighted by Gasteiger charge is -2.29. The van der Waals surface area contributed by atoms with E-state index in [0.29, 0.717) is 0 Å². The minimum atomic E-state index is 0.248. The van der Waals surface area contributed by atoms with Crippen LogP contribution in [-0.4, -0.2) is 36.2 Å². The van der Waals surface area contributed by atoms with Gasteiger partial charge in [-0.05, 0) is 52.7 Å². The summed E-state index contributed by atoms with van der Waals surface area (Å²) in [4.78, 5) is 0. The molecule has 2 N–H and O–H groups in total. The lowest BCUT2D eigenvalue weighted by Crippen LogP contribution is -2.43. The molecule has 0 radical (unpaired) electrons. The molecule has 96 valence electrons. The van der Waals surface area contributed by atoms with Crippen molar-refractivity contribution in [2.45, 2.75) is 63.3 Å². The first kappa shape index (κ1) is 14.3. The molecule has 0 aromatic heterocycles. The van der Waals surface area contributed by atoms with Gasteiger partial charge in [0.05, 0.1) is 0 Å². The first-order chi connectivity index (χ1) is 7.51.